The third kappa shape index (κ3) is 3.35. The van der Waals surface area contributed by atoms with Crippen LogP contribution in [0.4, 0.5) is 0 Å². The minimum absolute atomic E-state index is 0.00278. The van der Waals surface area contributed by atoms with Crippen LogP contribution in [0.3, 0.4) is 0 Å². The Kier molecular flexibility index (Phi) is 4.37. The van der Waals surface area contributed by atoms with Crippen molar-refractivity contribution < 1.29 is 14.7 Å². The second kappa shape index (κ2) is 5.38. The van der Waals surface area contributed by atoms with Gasteiger partial charge in [-0.1, -0.05) is 20.8 Å². The van der Waals surface area contributed by atoms with Crippen LogP contribution in [0.2, 0.25) is 0 Å². The van der Waals surface area contributed by atoms with Gasteiger partial charge >= 0.3 is 0 Å². The van der Waals surface area contributed by atoms with Crippen LogP contribution >= 0.6 is 0 Å². The number of hydrogen-bond donors (Lipinski definition) is 2. The Hall–Kier alpha value is -1.26. The van der Waals surface area contributed by atoms with Crippen LogP contribution in [0.1, 0.15) is 31.9 Å². The number of phenols is 1. The Morgan fingerprint density at radius 2 is 1.88 bits per heavy atom. The molecule has 0 aliphatic heterocycles. The smallest absolute Gasteiger partial charge is 0.162 e. The van der Waals surface area contributed by atoms with Crippen LogP contribution in [0, 0.1) is 0 Å². The Labute approximate surface area is 103 Å². The van der Waals surface area contributed by atoms with Gasteiger partial charge in [0.05, 0.1) is 14.2 Å². The quantitative estimate of drug-likeness (QED) is 0.792. The van der Waals surface area contributed by atoms with Crippen LogP contribution < -0.4 is 10.2 Å². The van der Waals surface area contributed by atoms with E-state index in [9.17, 15) is 5.11 Å². The number of phenolic OH excluding ortho intramolecular Hbond substituents is 1. The summed E-state index contributed by atoms with van der Waals surface area (Å²) < 4.78 is 5.18. The number of ether oxygens (including phenoxy) is 1. The van der Waals surface area contributed by atoms with Crippen molar-refractivity contribution in [3.63, 3.8) is 0 Å². The van der Waals surface area contributed by atoms with Gasteiger partial charge in [0.1, 0.15) is 0 Å². The number of hydrogen-bond acceptors (Lipinski definition) is 4. The molecule has 0 spiro atoms. The van der Waals surface area contributed by atoms with Gasteiger partial charge in [0.15, 0.2) is 11.5 Å². The summed E-state index contributed by atoms with van der Waals surface area (Å²) in [6, 6.07) is 3.83. The number of aromatic hydroxyl groups is 1. The molecule has 1 aromatic carbocycles. The van der Waals surface area contributed by atoms with E-state index in [0.717, 1.165) is 11.1 Å². The summed E-state index contributed by atoms with van der Waals surface area (Å²) in [6.45, 7) is 6.79. The highest BCUT2D eigenvalue weighted by Gasteiger charge is 2.18. The topological polar surface area (TPSA) is 50.7 Å². The first-order chi connectivity index (χ1) is 7.90. The molecule has 0 amide bonds. The van der Waals surface area contributed by atoms with Crippen LogP contribution in [0.5, 0.6) is 11.5 Å². The standard InChI is InChI=1S/C13H21NO3/c1-13(2,3)10-6-9(8-14-17-5)12(15)11(7-10)16-4/h6-7,14-15H,8H2,1-5H3. The molecule has 4 nitrogen and oxygen atoms in total. The molecule has 0 aromatic heterocycles. The molecule has 0 atom stereocenters. The van der Waals surface area contributed by atoms with Crippen LogP contribution in [0.15, 0.2) is 12.1 Å². The lowest BCUT2D eigenvalue weighted by Gasteiger charge is -2.22. The summed E-state index contributed by atoms with van der Waals surface area (Å²) in [6.07, 6.45) is 0. The van der Waals surface area contributed by atoms with E-state index in [1.165, 1.54) is 0 Å². The minimum atomic E-state index is 0.00278. The van der Waals surface area contributed by atoms with Crippen molar-refractivity contribution in [1.82, 2.24) is 5.48 Å². The third-order valence-corrected chi connectivity index (χ3v) is 2.65. The highest BCUT2D eigenvalue weighted by molar-refractivity contribution is 5.50. The fourth-order valence-corrected chi connectivity index (χ4v) is 1.54. The van der Waals surface area contributed by atoms with E-state index in [-0.39, 0.29) is 11.2 Å². The third-order valence-electron chi connectivity index (χ3n) is 2.65. The van der Waals surface area contributed by atoms with Gasteiger partial charge in [0, 0.05) is 12.1 Å². The first kappa shape index (κ1) is 13.8. The number of nitrogens with one attached hydrogen (secondary N) is 1. The largest absolute Gasteiger partial charge is 0.504 e. The van der Waals surface area contributed by atoms with E-state index in [2.05, 4.69) is 26.3 Å². The second-order valence-corrected chi connectivity index (χ2v) is 4.96. The summed E-state index contributed by atoms with van der Waals surface area (Å²) in [5.41, 5.74) is 4.59. The van der Waals surface area contributed by atoms with Gasteiger partial charge in [-0.3, -0.25) is 0 Å². The van der Waals surface area contributed by atoms with E-state index in [1.807, 2.05) is 12.1 Å². The fourth-order valence-electron chi connectivity index (χ4n) is 1.54. The van der Waals surface area contributed by atoms with Gasteiger partial charge in [0.2, 0.25) is 0 Å². The zero-order valence-electron chi connectivity index (χ0n) is 11.1. The van der Waals surface area contributed by atoms with Crippen molar-refractivity contribution in [3.05, 3.63) is 23.3 Å². The summed E-state index contributed by atoms with van der Waals surface area (Å²) in [7, 11) is 3.09. The molecule has 0 aliphatic rings. The molecule has 0 saturated heterocycles. The van der Waals surface area contributed by atoms with Gasteiger partial charge in [-0.25, -0.2) is 0 Å². The molecule has 0 heterocycles. The molecule has 2 N–H and O–H groups in total. The molecule has 0 aliphatic carbocycles. The lowest BCUT2D eigenvalue weighted by molar-refractivity contribution is 0.0860. The predicted molar refractivity (Wildman–Crippen MR) is 67.2 cm³/mol. The highest BCUT2D eigenvalue weighted by atomic mass is 16.6. The summed E-state index contributed by atoms with van der Waals surface area (Å²) >= 11 is 0. The zero-order valence-corrected chi connectivity index (χ0v) is 11.1. The van der Waals surface area contributed by atoms with E-state index in [1.54, 1.807) is 14.2 Å². The minimum Gasteiger partial charge on any atom is -0.504 e. The van der Waals surface area contributed by atoms with E-state index in [0.29, 0.717) is 12.3 Å². The normalized spacial score (nSPS) is 11.6. The molecule has 0 saturated carbocycles. The van der Waals surface area contributed by atoms with Gasteiger partial charge in [-0.2, -0.15) is 5.48 Å². The summed E-state index contributed by atoms with van der Waals surface area (Å²) in [5.74, 6) is 0.648. The highest BCUT2D eigenvalue weighted by Crippen LogP contribution is 2.35. The first-order valence-corrected chi connectivity index (χ1v) is 5.56. The van der Waals surface area contributed by atoms with Crippen molar-refractivity contribution in [2.45, 2.75) is 32.7 Å². The molecule has 0 unspecified atom stereocenters. The zero-order chi connectivity index (χ0) is 13.1. The number of rotatable bonds is 4. The number of hydroxylamine groups is 1. The molecule has 0 bridgehead atoms. The average molecular weight is 239 g/mol. The van der Waals surface area contributed by atoms with E-state index >= 15 is 0 Å². The Balaban J connectivity index is 3.19. The van der Waals surface area contributed by atoms with Crippen LogP contribution in [0.25, 0.3) is 0 Å². The molecule has 1 aromatic rings. The predicted octanol–water partition coefficient (Wildman–Crippen LogP) is 2.35. The molecular formula is C13H21NO3. The van der Waals surface area contributed by atoms with E-state index < -0.39 is 0 Å². The Morgan fingerprint density at radius 1 is 1.24 bits per heavy atom. The monoisotopic (exact) mass is 239 g/mol. The second-order valence-electron chi connectivity index (χ2n) is 4.96. The summed E-state index contributed by atoms with van der Waals surface area (Å²) in [5, 5.41) is 9.99. The molecule has 17 heavy (non-hydrogen) atoms. The maximum absolute atomic E-state index is 9.99. The maximum atomic E-state index is 9.99. The number of methoxy groups -OCH3 is 1. The lowest BCUT2D eigenvalue weighted by Crippen LogP contribution is -2.15. The molecule has 4 heteroatoms. The molecular weight excluding hydrogens is 218 g/mol. The lowest BCUT2D eigenvalue weighted by atomic mass is 9.85. The average Bonchev–Trinajstić information content (AvgIpc) is 2.26. The fraction of sp³-hybridized carbons (Fsp3) is 0.538. The maximum Gasteiger partial charge on any atom is 0.162 e. The Morgan fingerprint density at radius 3 is 2.35 bits per heavy atom. The van der Waals surface area contributed by atoms with Gasteiger partial charge in [-0.15, -0.1) is 0 Å². The Bertz CT molecular complexity index is 383. The molecule has 0 fully saturated rings. The number of benzene rings is 1. The van der Waals surface area contributed by atoms with Crippen LogP contribution in [-0.2, 0) is 16.8 Å². The van der Waals surface area contributed by atoms with Gasteiger partial charge < -0.3 is 14.7 Å². The van der Waals surface area contributed by atoms with Crippen molar-refractivity contribution in [3.8, 4) is 11.5 Å². The molecule has 1 rings (SSSR count). The van der Waals surface area contributed by atoms with Crippen LogP contribution in [-0.4, -0.2) is 19.3 Å². The molecule has 96 valence electrons. The van der Waals surface area contributed by atoms with Crippen molar-refractivity contribution >= 4 is 0 Å². The van der Waals surface area contributed by atoms with Crippen molar-refractivity contribution in [2.75, 3.05) is 14.2 Å². The van der Waals surface area contributed by atoms with Gasteiger partial charge in [0.25, 0.3) is 0 Å². The van der Waals surface area contributed by atoms with Crippen molar-refractivity contribution in [1.29, 1.82) is 0 Å². The van der Waals surface area contributed by atoms with Crippen molar-refractivity contribution in [2.24, 2.45) is 0 Å². The summed E-state index contributed by atoms with van der Waals surface area (Å²) in [4.78, 5) is 4.80. The SMILES string of the molecule is CONCc1cc(C(C)(C)C)cc(OC)c1O. The van der Waals surface area contributed by atoms with Gasteiger partial charge in [-0.05, 0) is 23.1 Å². The molecule has 0 radical (unpaired) electrons. The van der Waals surface area contributed by atoms with E-state index in [4.69, 9.17) is 9.57 Å². The first-order valence-electron chi connectivity index (χ1n) is 5.56.